The van der Waals surface area contributed by atoms with E-state index in [0.717, 1.165) is 90.6 Å². The number of carbonyl (C=O) groups is 4. The molecular formula is C47H53N5O6. The zero-order valence-corrected chi connectivity index (χ0v) is 34.0. The molecule has 2 aromatic heterocycles. The van der Waals surface area contributed by atoms with Gasteiger partial charge in [-0.05, 0) is 146 Å². The Morgan fingerprint density at radius 1 is 0.672 bits per heavy atom. The van der Waals surface area contributed by atoms with Crippen molar-refractivity contribution >= 4 is 29.3 Å². The summed E-state index contributed by atoms with van der Waals surface area (Å²) in [6.07, 6.45) is 9.93. The molecule has 0 spiro atoms. The molecule has 1 N–H and O–H groups in total. The third kappa shape index (κ3) is 8.61. The van der Waals surface area contributed by atoms with Gasteiger partial charge in [-0.15, -0.1) is 0 Å². The number of amides is 1. The van der Waals surface area contributed by atoms with Gasteiger partial charge in [0.25, 0.3) is 5.91 Å². The summed E-state index contributed by atoms with van der Waals surface area (Å²) in [6, 6.07) is 15.9. The number of methoxy groups -OCH3 is 2. The van der Waals surface area contributed by atoms with E-state index in [2.05, 4.69) is 44.1 Å². The Kier molecular flexibility index (Phi) is 11.5. The van der Waals surface area contributed by atoms with Gasteiger partial charge in [-0.3, -0.25) is 38.9 Å². The molecule has 0 unspecified atom stereocenters. The van der Waals surface area contributed by atoms with Gasteiger partial charge in [-0.2, -0.15) is 0 Å². The summed E-state index contributed by atoms with van der Waals surface area (Å²) < 4.78 is 9.94. The molecule has 4 aliphatic rings. The standard InChI is InChI=1S/C47H53N5O6/c1-28-32(19-44(53)42-20-39(30-11-12-30)35(22-48-42)26-51-17-15-33(24-51)46(55)57-3)7-5-8-37(28)38-9-6-10-41(29(38)2)50-45(54)43-21-40(31-13-14-31)36(23-49-43)27-52-18-16-34(25-52)47(56)58-4/h5-10,20-23,30-31,33-34H,11-19,24-27H2,1-4H3,(H,50,54)/t33-,34-/m1/s1. The number of carbonyl (C=O) groups excluding carboxylic acids is 4. The van der Waals surface area contributed by atoms with Crippen molar-refractivity contribution in [1.29, 1.82) is 0 Å². The number of hydrogen-bond donors (Lipinski definition) is 1. The minimum Gasteiger partial charge on any atom is -0.469 e. The second kappa shape index (κ2) is 16.9. The highest BCUT2D eigenvalue weighted by Crippen LogP contribution is 2.43. The van der Waals surface area contributed by atoms with E-state index in [1.165, 1.54) is 25.3 Å². The van der Waals surface area contributed by atoms with Crippen LogP contribution >= 0.6 is 0 Å². The van der Waals surface area contributed by atoms with Crippen LogP contribution in [0, 0.1) is 25.7 Å². The van der Waals surface area contributed by atoms with Gasteiger partial charge in [0.1, 0.15) is 11.4 Å². The Balaban J connectivity index is 0.950. The van der Waals surface area contributed by atoms with Gasteiger partial charge in [-0.25, -0.2) is 0 Å². The molecule has 2 aliphatic carbocycles. The molecule has 8 rings (SSSR count). The van der Waals surface area contributed by atoms with Gasteiger partial charge in [0, 0.05) is 50.7 Å². The number of nitrogens with one attached hydrogen (secondary N) is 1. The molecule has 2 atom stereocenters. The number of ketones is 1. The van der Waals surface area contributed by atoms with Gasteiger partial charge in [0.05, 0.1) is 26.1 Å². The van der Waals surface area contributed by atoms with Crippen molar-refractivity contribution in [2.75, 3.05) is 45.7 Å². The second-order valence-corrected chi connectivity index (χ2v) is 16.7. The van der Waals surface area contributed by atoms with Crippen LogP contribution in [0.1, 0.15) is 110 Å². The molecule has 1 amide bonds. The third-order valence-electron chi connectivity index (χ3n) is 12.7. The summed E-state index contributed by atoms with van der Waals surface area (Å²) in [5.74, 6) is 0.0982. The van der Waals surface area contributed by atoms with E-state index in [9.17, 15) is 19.2 Å². The highest BCUT2D eigenvalue weighted by atomic mass is 16.5. The van der Waals surface area contributed by atoms with Crippen LogP contribution in [0.5, 0.6) is 0 Å². The summed E-state index contributed by atoms with van der Waals surface area (Å²) in [7, 11) is 2.89. The Labute approximate surface area is 340 Å². The van der Waals surface area contributed by atoms with Crippen LogP contribution < -0.4 is 5.32 Å². The number of rotatable bonds is 14. The van der Waals surface area contributed by atoms with Gasteiger partial charge in [0.15, 0.2) is 5.78 Å². The van der Waals surface area contributed by atoms with E-state index in [0.29, 0.717) is 55.1 Å². The minimum absolute atomic E-state index is 0.0201. The van der Waals surface area contributed by atoms with Crippen molar-refractivity contribution in [3.63, 3.8) is 0 Å². The van der Waals surface area contributed by atoms with Crippen molar-refractivity contribution in [2.24, 2.45) is 11.8 Å². The lowest BCUT2D eigenvalue weighted by Crippen LogP contribution is -2.24. The maximum atomic E-state index is 13.8. The second-order valence-electron chi connectivity index (χ2n) is 16.7. The quantitative estimate of drug-likeness (QED) is 0.104. The first-order valence-corrected chi connectivity index (χ1v) is 20.7. The Morgan fingerprint density at radius 3 is 1.74 bits per heavy atom. The zero-order chi connectivity index (χ0) is 40.5. The molecule has 2 saturated heterocycles. The molecule has 2 aliphatic heterocycles. The normalized spacial score (nSPS) is 19.6. The highest BCUT2D eigenvalue weighted by molar-refractivity contribution is 6.04. The number of pyridine rings is 2. The van der Waals surface area contributed by atoms with Crippen LogP contribution in [0.4, 0.5) is 5.69 Å². The van der Waals surface area contributed by atoms with Crippen LogP contribution in [0.25, 0.3) is 11.1 Å². The number of ether oxygens (including phenoxy) is 2. The average molecular weight is 784 g/mol. The first-order valence-electron chi connectivity index (χ1n) is 20.7. The van der Waals surface area contributed by atoms with Gasteiger partial charge in [0.2, 0.25) is 0 Å². The van der Waals surface area contributed by atoms with Crippen LogP contribution in [0.15, 0.2) is 60.9 Å². The Bertz CT molecular complexity index is 2090. The van der Waals surface area contributed by atoms with Crippen LogP contribution in [-0.2, 0) is 38.6 Å². The summed E-state index contributed by atoms with van der Waals surface area (Å²) >= 11 is 0. The molecule has 2 aromatic carbocycles. The number of hydrogen-bond acceptors (Lipinski definition) is 10. The number of nitrogens with zero attached hydrogens (tertiary/aromatic N) is 4. The first kappa shape index (κ1) is 39.6. The van der Waals surface area contributed by atoms with Crippen LogP contribution in [0.3, 0.4) is 0 Å². The van der Waals surface area contributed by atoms with E-state index in [1.807, 2.05) is 55.7 Å². The maximum absolute atomic E-state index is 13.8. The molecule has 11 heteroatoms. The first-order chi connectivity index (χ1) is 28.1. The highest BCUT2D eigenvalue weighted by Gasteiger charge is 2.34. The summed E-state index contributed by atoms with van der Waals surface area (Å²) in [5, 5.41) is 3.14. The molecule has 4 aromatic rings. The Morgan fingerprint density at radius 2 is 1.19 bits per heavy atom. The monoisotopic (exact) mass is 783 g/mol. The fourth-order valence-corrected chi connectivity index (χ4v) is 8.92. The van der Waals surface area contributed by atoms with Crippen molar-refractivity contribution in [3.05, 3.63) is 111 Å². The summed E-state index contributed by atoms with van der Waals surface area (Å²) in [5.41, 5.74) is 11.1. The predicted molar refractivity (Wildman–Crippen MR) is 221 cm³/mol. The van der Waals surface area contributed by atoms with Gasteiger partial charge >= 0.3 is 11.9 Å². The summed E-state index contributed by atoms with van der Waals surface area (Å²) in [6.45, 7) is 8.48. The van der Waals surface area contributed by atoms with Crippen molar-refractivity contribution in [1.82, 2.24) is 19.8 Å². The molecule has 4 heterocycles. The van der Waals surface area contributed by atoms with Crippen molar-refractivity contribution < 1.29 is 28.7 Å². The number of Topliss-reactive ketones (excluding diaryl/α,β-unsaturated/α-hetero) is 1. The molecule has 2 saturated carbocycles. The maximum Gasteiger partial charge on any atom is 0.310 e. The molecule has 11 nitrogen and oxygen atoms in total. The van der Waals surface area contributed by atoms with Crippen molar-refractivity contribution in [3.8, 4) is 11.1 Å². The third-order valence-corrected chi connectivity index (χ3v) is 12.7. The summed E-state index contributed by atoms with van der Waals surface area (Å²) in [4.78, 5) is 65.6. The molecular weight excluding hydrogens is 731 g/mol. The lowest BCUT2D eigenvalue weighted by Gasteiger charge is -2.19. The molecule has 0 radical (unpaired) electrons. The smallest absolute Gasteiger partial charge is 0.310 e. The largest absolute Gasteiger partial charge is 0.469 e. The van der Waals surface area contributed by atoms with Gasteiger partial charge in [-0.1, -0.05) is 30.3 Å². The van der Waals surface area contributed by atoms with Crippen LogP contribution in [-0.4, -0.2) is 83.8 Å². The topological polar surface area (TPSA) is 131 Å². The molecule has 4 fully saturated rings. The molecule has 302 valence electrons. The number of aromatic nitrogens is 2. The van der Waals surface area contributed by atoms with E-state index < -0.39 is 0 Å². The van der Waals surface area contributed by atoms with E-state index in [4.69, 9.17) is 9.47 Å². The van der Waals surface area contributed by atoms with Crippen molar-refractivity contribution in [2.45, 2.75) is 83.7 Å². The van der Waals surface area contributed by atoms with Gasteiger partial charge < -0.3 is 14.8 Å². The lowest BCUT2D eigenvalue weighted by molar-refractivity contribution is -0.145. The van der Waals surface area contributed by atoms with Crippen LogP contribution in [0.2, 0.25) is 0 Å². The minimum atomic E-state index is -0.258. The predicted octanol–water partition coefficient (Wildman–Crippen LogP) is 7.18. The number of likely N-dealkylation sites (tertiary alicyclic amines) is 2. The van der Waals surface area contributed by atoms with E-state index in [1.54, 1.807) is 0 Å². The average Bonchev–Trinajstić information content (AvgIpc) is 4.17. The fourth-order valence-electron chi connectivity index (χ4n) is 8.92. The molecule has 58 heavy (non-hydrogen) atoms. The van der Waals surface area contributed by atoms with E-state index in [-0.39, 0.29) is 41.9 Å². The van der Waals surface area contributed by atoms with E-state index >= 15 is 0 Å². The molecule has 0 bridgehead atoms. The fraction of sp³-hybridized carbons (Fsp3) is 0.447. The lowest BCUT2D eigenvalue weighted by atomic mass is 9.90. The number of esters is 2. The Hall–Kier alpha value is -5.26. The number of benzene rings is 2. The zero-order valence-electron chi connectivity index (χ0n) is 34.0. The number of anilines is 1. The SMILES string of the molecule is COC(=O)[C@@H]1CCN(Cc2cnc(C(=O)Cc3cccc(-c4cccc(NC(=O)c5cc(C6CC6)c(CN6CC[C@@H](C(=O)OC)C6)cn5)c4C)c3C)cc2C2CC2)C1.